The molecule has 0 radical (unpaired) electrons. The maximum Gasteiger partial charge on any atom is 0.508 e. The van der Waals surface area contributed by atoms with Crippen LogP contribution in [-0.4, -0.2) is 90.1 Å². The molecule has 36 heavy (non-hydrogen) atoms. The molecule has 18 nitrogen and oxygen atoms in total. The Balaban J connectivity index is 1.46. The van der Waals surface area contributed by atoms with Crippen LogP contribution < -0.4 is 17.1 Å². The van der Waals surface area contributed by atoms with Gasteiger partial charge in [0.25, 0.3) is 0 Å². The van der Waals surface area contributed by atoms with Crippen molar-refractivity contribution >= 4 is 18.5 Å². The lowest BCUT2D eigenvalue weighted by molar-refractivity contribution is -0.0108. The minimum atomic E-state index is -1.06. The summed E-state index contributed by atoms with van der Waals surface area (Å²) in [7, 11) is 0. The van der Waals surface area contributed by atoms with Crippen molar-refractivity contribution in [2.75, 3.05) is 39.6 Å². The van der Waals surface area contributed by atoms with Crippen LogP contribution >= 0.6 is 0 Å². The molecule has 0 saturated carbocycles. The molecule has 1 aromatic rings. The van der Waals surface area contributed by atoms with Gasteiger partial charge in [-0.3, -0.25) is 0 Å². The molecule has 3 unspecified atom stereocenters. The normalized spacial score (nSPS) is 23.0. The van der Waals surface area contributed by atoms with Gasteiger partial charge in [0.05, 0.1) is 19.8 Å². The lowest BCUT2D eigenvalue weighted by Crippen LogP contribution is -2.55. The molecule has 3 fully saturated rings. The first kappa shape index (κ1) is 25.2. The lowest BCUT2D eigenvalue weighted by atomic mass is 10.4. The van der Waals surface area contributed by atoms with Gasteiger partial charge in [0.2, 0.25) is 0 Å². The summed E-state index contributed by atoms with van der Waals surface area (Å²) in [5.74, 6) is 0. The van der Waals surface area contributed by atoms with Crippen LogP contribution in [0.1, 0.15) is 0 Å². The van der Waals surface area contributed by atoms with E-state index in [4.69, 9.17) is 28.4 Å². The van der Waals surface area contributed by atoms with Gasteiger partial charge in [-0.2, -0.15) is 0 Å². The highest BCUT2D eigenvalue weighted by molar-refractivity contribution is 5.62. The molecule has 0 spiro atoms. The van der Waals surface area contributed by atoms with E-state index in [-0.39, 0.29) is 39.6 Å². The highest BCUT2D eigenvalue weighted by Gasteiger charge is 2.28. The lowest BCUT2D eigenvalue weighted by Gasteiger charge is -2.16. The Kier molecular flexibility index (Phi) is 7.86. The van der Waals surface area contributed by atoms with Crippen molar-refractivity contribution in [1.29, 1.82) is 0 Å². The van der Waals surface area contributed by atoms with E-state index in [1.807, 2.05) is 0 Å². The zero-order valence-corrected chi connectivity index (χ0v) is 18.6. The molecule has 3 aliphatic rings. The SMILES string of the molecule is O=C1OCC(COCn2c(=O)n(COCC3COC(=O)O3)c(=O)n(COCC3COC(=O)O3)c2=O)O1. The van der Waals surface area contributed by atoms with Gasteiger partial charge in [-0.25, -0.2) is 42.5 Å². The number of ether oxygens (including phenoxy) is 9. The van der Waals surface area contributed by atoms with Crippen LogP contribution in [-0.2, 0) is 62.8 Å². The molecule has 4 heterocycles. The second kappa shape index (κ2) is 11.2. The summed E-state index contributed by atoms with van der Waals surface area (Å²) < 4.78 is 46.0. The quantitative estimate of drug-likeness (QED) is 0.211. The van der Waals surface area contributed by atoms with E-state index in [9.17, 15) is 28.8 Å². The summed E-state index contributed by atoms with van der Waals surface area (Å²) in [6.07, 6.45) is -4.82. The summed E-state index contributed by atoms with van der Waals surface area (Å²) in [5.41, 5.74) is -3.17. The zero-order chi connectivity index (χ0) is 25.7. The van der Waals surface area contributed by atoms with Crippen molar-refractivity contribution in [3.63, 3.8) is 0 Å². The van der Waals surface area contributed by atoms with E-state index < -0.39 is 74.0 Å². The zero-order valence-electron chi connectivity index (χ0n) is 18.6. The van der Waals surface area contributed by atoms with Gasteiger partial charge >= 0.3 is 35.5 Å². The third kappa shape index (κ3) is 6.01. The molecule has 3 saturated heterocycles. The molecule has 198 valence electrons. The van der Waals surface area contributed by atoms with Crippen LogP contribution in [0.4, 0.5) is 14.4 Å². The Morgan fingerprint density at radius 3 is 1.03 bits per heavy atom. The molecule has 0 aliphatic carbocycles. The minimum absolute atomic E-state index is 0.0654. The Hall–Kier alpha value is -3.90. The van der Waals surface area contributed by atoms with Gasteiger partial charge in [0.1, 0.15) is 40.0 Å². The van der Waals surface area contributed by atoms with E-state index in [1.165, 1.54) is 0 Å². The number of aromatic nitrogens is 3. The maximum atomic E-state index is 12.9. The monoisotopic (exact) mass is 519 g/mol. The Labute approximate surface area is 199 Å². The molecule has 1 aromatic heterocycles. The van der Waals surface area contributed by atoms with Crippen molar-refractivity contribution in [2.24, 2.45) is 0 Å². The first-order valence-corrected chi connectivity index (χ1v) is 10.5. The van der Waals surface area contributed by atoms with Crippen LogP contribution in [0, 0.1) is 0 Å². The highest BCUT2D eigenvalue weighted by atomic mass is 16.8. The first-order chi connectivity index (χ1) is 17.3. The van der Waals surface area contributed by atoms with E-state index in [1.54, 1.807) is 0 Å². The second-order valence-corrected chi connectivity index (χ2v) is 7.53. The molecule has 0 bridgehead atoms. The average molecular weight is 519 g/mol. The Morgan fingerprint density at radius 1 is 0.528 bits per heavy atom. The summed E-state index contributed by atoms with van der Waals surface area (Å²) >= 11 is 0. The molecule has 0 amide bonds. The molecule has 18 heteroatoms. The molecule has 0 N–H and O–H groups in total. The van der Waals surface area contributed by atoms with Crippen LogP contribution in [0.5, 0.6) is 0 Å². The van der Waals surface area contributed by atoms with Gasteiger partial charge in [-0.1, -0.05) is 0 Å². The molecule has 0 aromatic carbocycles. The number of cyclic esters (lactones) is 6. The fraction of sp³-hybridized carbons (Fsp3) is 0.667. The van der Waals surface area contributed by atoms with E-state index in [0.717, 1.165) is 0 Å². The van der Waals surface area contributed by atoms with Crippen molar-refractivity contribution in [1.82, 2.24) is 13.7 Å². The van der Waals surface area contributed by atoms with Crippen molar-refractivity contribution in [3.8, 4) is 0 Å². The minimum Gasteiger partial charge on any atom is -0.430 e. The number of rotatable bonds is 12. The van der Waals surface area contributed by atoms with E-state index >= 15 is 0 Å². The molecular weight excluding hydrogens is 498 g/mol. The van der Waals surface area contributed by atoms with Gasteiger partial charge in [0, 0.05) is 0 Å². The highest BCUT2D eigenvalue weighted by Crippen LogP contribution is 2.08. The summed E-state index contributed by atoms with van der Waals surface area (Å²) in [6, 6.07) is 0. The van der Waals surface area contributed by atoms with Gasteiger partial charge < -0.3 is 42.6 Å². The maximum absolute atomic E-state index is 12.9. The first-order valence-electron chi connectivity index (χ1n) is 10.5. The number of carbonyl (C=O) groups is 3. The smallest absolute Gasteiger partial charge is 0.430 e. The molecular formula is C18H21N3O15. The fourth-order valence-electron chi connectivity index (χ4n) is 3.18. The molecule has 4 rings (SSSR count). The van der Waals surface area contributed by atoms with Gasteiger partial charge in [0.15, 0.2) is 18.3 Å². The third-order valence-corrected chi connectivity index (χ3v) is 4.91. The van der Waals surface area contributed by atoms with Crippen LogP contribution in [0.2, 0.25) is 0 Å². The van der Waals surface area contributed by atoms with Crippen LogP contribution in [0.25, 0.3) is 0 Å². The molecule has 3 aliphatic heterocycles. The number of carbonyl (C=O) groups excluding carboxylic acids is 3. The summed E-state index contributed by atoms with van der Waals surface area (Å²) in [5, 5.41) is 0. The fourth-order valence-corrected chi connectivity index (χ4v) is 3.18. The predicted octanol–water partition coefficient (Wildman–Crippen LogP) is -2.30. The topological polar surface area (TPSA) is 200 Å². The van der Waals surface area contributed by atoms with Crippen molar-refractivity contribution in [3.05, 3.63) is 31.5 Å². The number of hydrogen-bond acceptors (Lipinski definition) is 15. The second-order valence-electron chi connectivity index (χ2n) is 7.53. The summed E-state index contributed by atoms with van der Waals surface area (Å²) in [6.45, 7) is -2.58. The van der Waals surface area contributed by atoms with Gasteiger partial charge in [-0.05, 0) is 0 Å². The number of hydrogen-bond donors (Lipinski definition) is 0. The van der Waals surface area contributed by atoms with Crippen molar-refractivity contribution in [2.45, 2.75) is 38.5 Å². The molecule has 3 atom stereocenters. The Morgan fingerprint density at radius 2 is 0.806 bits per heavy atom. The van der Waals surface area contributed by atoms with E-state index in [0.29, 0.717) is 13.7 Å². The predicted molar refractivity (Wildman–Crippen MR) is 106 cm³/mol. The van der Waals surface area contributed by atoms with Crippen LogP contribution in [0.15, 0.2) is 14.4 Å². The largest absolute Gasteiger partial charge is 0.508 e. The number of nitrogens with zero attached hydrogens (tertiary/aromatic N) is 3. The van der Waals surface area contributed by atoms with Crippen molar-refractivity contribution < 1.29 is 57.0 Å². The third-order valence-electron chi connectivity index (χ3n) is 4.91. The van der Waals surface area contributed by atoms with Crippen LogP contribution in [0.3, 0.4) is 0 Å². The van der Waals surface area contributed by atoms with Gasteiger partial charge in [-0.15, -0.1) is 0 Å². The standard InChI is InChI=1S/C18H21N3O15/c22-13-19(7-28-1-10-4-31-16(25)34-10)14(23)21(9-30-3-12-6-33-18(27)36-12)15(24)20(13)8-29-2-11-5-32-17(26)35-11/h10-12H,1-9H2. The Bertz CT molecular complexity index is 997. The van der Waals surface area contributed by atoms with E-state index in [2.05, 4.69) is 14.2 Å². The summed E-state index contributed by atoms with van der Waals surface area (Å²) in [4.78, 5) is 71.6. The average Bonchev–Trinajstić information content (AvgIpc) is 3.57.